The third-order valence-electron chi connectivity index (χ3n) is 1.18. The Kier molecular flexibility index (Phi) is 1.65. The maximum atomic E-state index is 8.44. The van der Waals surface area contributed by atoms with E-state index in [0.717, 1.165) is 0 Å². The lowest BCUT2D eigenvalue weighted by molar-refractivity contribution is 0.243. The molecular formula is C6H10O2. The van der Waals surface area contributed by atoms with E-state index in [-0.39, 0.29) is 18.8 Å². The SMILES string of the molecule is C/C=C/C1OC1CO. The fourth-order valence-electron chi connectivity index (χ4n) is 0.662. The van der Waals surface area contributed by atoms with Gasteiger partial charge in [-0.25, -0.2) is 0 Å². The predicted octanol–water partition coefficient (Wildman–Crippen LogP) is 0.322. The van der Waals surface area contributed by atoms with Crippen LogP contribution in [-0.2, 0) is 4.74 Å². The van der Waals surface area contributed by atoms with Gasteiger partial charge in [-0.2, -0.15) is 0 Å². The second kappa shape index (κ2) is 2.29. The van der Waals surface area contributed by atoms with Gasteiger partial charge in [0.15, 0.2) is 0 Å². The minimum absolute atomic E-state index is 0.0891. The molecule has 2 heteroatoms. The molecule has 1 aliphatic rings. The average molecular weight is 114 g/mol. The lowest BCUT2D eigenvalue weighted by Crippen LogP contribution is -1.95. The van der Waals surface area contributed by atoms with E-state index in [4.69, 9.17) is 9.84 Å². The van der Waals surface area contributed by atoms with Gasteiger partial charge in [-0.15, -0.1) is 0 Å². The number of allylic oxidation sites excluding steroid dienone is 1. The summed E-state index contributed by atoms with van der Waals surface area (Å²) in [7, 11) is 0. The Morgan fingerprint density at radius 1 is 1.75 bits per heavy atom. The van der Waals surface area contributed by atoms with Crippen molar-refractivity contribution < 1.29 is 9.84 Å². The van der Waals surface area contributed by atoms with E-state index in [9.17, 15) is 0 Å². The third-order valence-corrected chi connectivity index (χ3v) is 1.18. The van der Waals surface area contributed by atoms with Crippen LogP contribution < -0.4 is 0 Å². The van der Waals surface area contributed by atoms with Crippen LogP contribution in [0.5, 0.6) is 0 Å². The van der Waals surface area contributed by atoms with Crippen LogP contribution in [0.3, 0.4) is 0 Å². The number of hydrogen-bond donors (Lipinski definition) is 1. The summed E-state index contributed by atoms with van der Waals surface area (Å²) in [6.45, 7) is 2.09. The molecule has 1 rings (SSSR count). The van der Waals surface area contributed by atoms with E-state index in [0.29, 0.717) is 0 Å². The molecule has 0 aromatic rings. The molecule has 0 aliphatic carbocycles. The van der Waals surface area contributed by atoms with Crippen LogP contribution in [0.1, 0.15) is 6.92 Å². The third kappa shape index (κ3) is 1.08. The highest BCUT2D eigenvalue weighted by molar-refractivity contribution is 5.00. The molecule has 8 heavy (non-hydrogen) atoms. The minimum atomic E-state index is 0.0891. The number of aliphatic hydroxyl groups excluding tert-OH is 1. The number of hydrogen-bond acceptors (Lipinski definition) is 2. The minimum Gasteiger partial charge on any atom is -0.394 e. The second-order valence-corrected chi connectivity index (χ2v) is 1.85. The highest BCUT2D eigenvalue weighted by Gasteiger charge is 2.34. The number of epoxide rings is 1. The van der Waals surface area contributed by atoms with Crippen LogP contribution in [0.2, 0.25) is 0 Å². The summed E-state index contributed by atoms with van der Waals surface area (Å²) in [5, 5.41) is 8.44. The maximum Gasteiger partial charge on any atom is 0.111 e. The van der Waals surface area contributed by atoms with E-state index < -0.39 is 0 Å². The smallest absolute Gasteiger partial charge is 0.111 e. The first-order chi connectivity index (χ1) is 3.88. The molecule has 2 nitrogen and oxygen atoms in total. The monoisotopic (exact) mass is 114 g/mol. The summed E-state index contributed by atoms with van der Waals surface area (Å²) in [4.78, 5) is 0. The van der Waals surface area contributed by atoms with Gasteiger partial charge in [0.2, 0.25) is 0 Å². The maximum absolute atomic E-state index is 8.44. The zero-order valence-electron chi connectivity index (χ0n) is 4.87. The van der Waals surface area contributed by atoms with Gasteiger partial charge in [0.1, 0.15) is 12.2 Å². The van der Waals surface area contributed by atoms with E-state index in [1.807, 2.05) is 19.1 Å². The van der Waals surface area contributed by atoms with Gasteiger partial charge in [-0.1, -0.05) is 12.2 Å². The molecule has 0 saturated carbocycles. The molecule has 0 aromatic carbocycles. The zero-order chi connectivity index (χ0) is 5.98. The van der Waals surface area contributed by atoms with Crippen molar-refractivity contribution >= 4 is 0 Å². The van der Waals surface area contributed by atoms with Crippen molar-refractivity contribution in [2.45, 2.75) is 19.1 Å². The van der Waals surface area contributed by atoms with Gasteiger partial charge in [0, 0.05) is 0 Å². The molecule has 0 radical (unpaired) electrons. The average Bonchev–Trinajstić information content (AvgIpc) is 2.48. The predicted molar refractivity (Wildman–Crippen MR) is 30.6 cm³/mol. The summed E-state index contributed by atoms with van der Waals surface area (Å²) in [6.07, 6.45) is 4.16. The Hall–Kier alpha value is -0.340. The van der Waals surface area contributed by atoms with Crippen molar-refractivity contribution in [3.05, 3.63) is 12.2 Å². The van der Waals surface area contributed by atoms with Crippen LogP contribution >= 0.6 is 0 Å². The Bertz CT molecular complexity index is 98.7. The number of rotatable bonds is 2. The lowest BCUT2D eigenvalue weighted by Gasteiger charge is -1.76. The molecule has 2 atom stereocenters. The summed E-state index contributed by atoms with van der Waals surface area (Å²) in [6, 6.07) is 0. The van der Waals surface area contributed by atoms with Crippen molar-refractivity contribution in [1.29, 1.82) is 0 Å². The summed E-state index contributed by atoms with van der Waals surface area (Å²) in [5.41, 5.74) is 0. The Morgan fingerprint density at radius 2 is 2.50 bits per heavy atom. The van der Waals surface area contributed by atoms with E-state index in [1.54, 1.807) is 0 Å². The van der Waals surface area contributed by atoms with E-state index in [1.165, 1.54) is 0 Å². The van der Waals surface area contributed by atoms with Crippen molar-refractivity contribution in [2.24, 2.45) is 0 Å². The molecule has 1 heterocycles. The molecule has 1 N–H and O–H groups in total. The number of ether oxygens (including phenoxy) is 1. The molecule has 1 aliphatic heterocycles. The topological polar surface area (TPSA) is 32.8 Å². The first-order valence-electron chi connectivity index (χ1n) is 2.77. The fourth-order valence-corrected chi connectivity index (χ4v) is 0.662. The van der Waals surface area contributed by atoms with Crippen molar-refractivity contribution in [1.82, 2.24) is 0 Å². The number of aliphatic hydroxyl groups is 1. The highest BCUT2D eigenvalue weighted by Crippen LogP contribution is 2.21. The largest absolute Gasteiger partial charge is 0.394 e. The van der Waals surface area contributed by atoms with Gasteiger partial charge in [0.25, 0.3) is 0 Å². The molecule has 0 spiro atoms. The molecule has 2 unspecified atom stereocenters. The Labute approximate surface area is 48.8 Å². The van der Waals surface area contributed by atoms with Crippen molar-refractivity contribution in [3.63, 3.8) is 0 Å². The van der Waals surface area contributed by atoms with Crippen LogP contribution in [0.15, 0.2) is 12.2 Å². The normalized spacial score (nSPS) is 36.2. The van der Waals surface area contributed by atoms with Gasteiger partial charge in [-0.3, -0.25) is 0 Å². The summed E-state index contributed by atoms with van der Waals surface area (Å²) in [5.74, 6) is 0. The van der Waals surface area contributed by atoms with Gasteiger partial charge < -0.3 is 9.84 Å². The molecule has 46 valence electrons. The first-order valence-corrected chi connectivity index (χ1v) is 2.77. The highest BCUT2D eigenvalue weighted by atomic mass is 16.6. The standard InChI is InChI=1S/C6H10O2/c1-2-3-5-6(4-7)8-5/h2-3,5-7H,4H2,1H3/b3-2+. The van der Waals surface area contributed by atoms with Crippen LogP contribution in [-0.4, -0.2) is 23.9 Å². The Balaban J connectivity index is 2.17. The molecule has 0 bridgehead atoms. The zero-order valence-corrected chi connectivity index (χ0v) is 4.87. The van der Waals surface area contributed by atoms with Crippen LogP contribution in [0, 0.1) is 0 Å². The lowest BCUT2D eigenvalue weighted by atomic mass is 10.3. The van der Waals surface area contributed by atoms with Crippen LogP contribution in [0.25, 0.3) is 0 Å². The summed E-state index contributed by atoms with van der Waals surface area (Å²) >= 11 is 0. The first kappa shape index (κ1) is 5.79. The van der Waals surface area contributed by atoms with Crippen LogP contribution in [0.4, 0.5) is 0 Å². The molecule has 1 saturated heterocycles. The second-order valence-electron chi connectivity index (χ2n) is 1.85. The van der Waals surface area contributed by atoms with Gasteiger partial charge in [0.05, 0.1) is 6.61 Å². The van der Waals surface area contributed by atoms with Gasteiger partial charge >= 0.3 is 0 Å². The molecule has 0 amide bonds. The van der Waals surface area contributed by atoms with Gasteiger partial charge in [-0.05, 0) is 6.92 Å². The summed E-state index contributed by atoms with van der Waals surface area (Å²) < 4.78 is 4.97. The van der Waals surface area contributed by atoms with E-state index >= 15 is 0 Å². The van der Waals surface area contributed by atoms with Crippen molar-refractivity contribution in [2.75, 3.05) is 6.61 Å². The quantitative estimate of drug-likeness (QED) is 0.414. The van der Waals surface area contributed by atoms with Crippen molar-refractivity contribution in [3.8, 4) is 0 Å². The Morgan fingerprint density at radius 3 is 2.88 bits per heavy atom. The molecule has 1 fully saturated rings. The van der Waals surface area contributed by atoms with E-state index in [2.05, 4.69) is 0 Å². The molecular weight excluding hydrogens is 104 g/mol. The fraction of sp³-hybridized carbons (Fsp3) is 0.667. The molecule has 0 aromatic heterocycles.